The standard InChI is InChI=1S/C14H19NO3S/c1-8-9(2)19-13(12(8)14(17)18)15-11(16)7-10-5-3-4-6-10/h10H,3-7H2,1-2H3,(H,15,16)(H,17,18). The van der Waals surface area contributed by atoms with Crippen LogP contribution in [0.1, 0.15) is 52.9 Å². The van der Waals surface area contributed by atoms with E-state index in [0.29, 0.717) is 17.3 Å². The van der Waals surface area contributed by atoms with Gasteiger partial charge in [-0.15, -0.1) is 11.3 Å². The quantitative estimate of drug-likeness (QED) is 0.886. The summed E-state index contributed by atoms with van der Waals surface area (Å²) in [6, 6.07) is 0. The molecule has 1 aromatic heterocycles. The lowest BCUT2D eigenvalue weighted by atomic mass is 10.0. The van der Waals surface area contributed by atoms with E-state index in [4.69, 9.17) is 0 Å². The maximum Gasteiger partial charge on any atom is 0.338 e. The van der Waals surface area contributed by atoms with Crippen molar-refractivity contribution in [2.24, 2.45) is 5.92 Å². The molecule has 0 radical (unpaired) electrons. The summed E-state index contributed by atoms with van der Waals surface area (Å²) in [7, 11) is 0. The number of carboxylic acid groups (broad SMARTS) is 1. The van der Waals surface area contributed by atoms with Gasteiger partial charge in [-0.05, 0) is 38.2 Å². The number of rotatable bonds is 4. The third-order valence-corrected chi connectivity index (χ3v) is 4.92. The van der Waals surface area contributed by atoms with Crippen LogP contribution in [-0.4, -0.2) is 17.0 Å². The Morgan fingerprint density at radius 1 is 1.32 bits per heavy atom. The Hall–Kier alpha value is -1.36. The highest BCUT2D eigenvalue weighted by Crippen LogP contribution is 2.33. The molecule has 1 aliphatic carbocycles. The first kappa shape index (κ1) is 14.1. The fourth-order valence-corrected chi connectivity index (χ4v) is 3.70. The number of hydrogen-bond acceptors (Lipinski definition) is 3. The minimum absolute atomic E-state index is 0.0596. The summed E-state index contributed by atoms with van der Waals surface area (Å²) in [5.74, 6) is -0.566. The van der Waals surface area contributed by atoms with Gasteiger partial charge in [0.15, 0.2) is 0 Å². The molecular weight excluding hydrogens is 262 g/mol. The topological polar surface area (TPSA) is 66.4 Å². The zero-order valence-electron chi connectivity index (χ0n) is 11.3. The van der Waals surface area contributed by atoms with E-state index in [1.165, 1.54) is 24.2 Å². The van der Waals surface area contributed by atoms with Crippen molar-refractivity contribution in [3.63, 3.8) is 0 Å². The van der Waals surface area contributed by atoms with Crippen LogP contribution in [0.3, 0.4) is 0 Å². The Labute approximate surface area is 116 Å². The number of aryl methyl sites for hydroxylation is 1. The van der Waals surface area contributed by atoms with E-state index >= 15 is 0 Å². The van der Waals surface area contributed by atoms with Crippen LogP contribution in [0.25, 0.3) is 0 Å². The number of amides is 1. The van der Waals surface area contributed by atoms with E-state index in [0.717, 1.165) is 23.3 Å². The fourth-order valence-electron chi connectivity index (χ4n) is 2.63. The number of carbonyl (C=O) groups excluding carboxylic acids is 1. The number of hydrogen-bond donors (Lipinski definition) is 2. The van der Waals surface area contributed by atoms with Crippen LogP contribution in [-0.2, 0) is 4.79 Å². The van der Waals surface area contributed by atoms with Crippen molar-refractivity contribution in [3.8, 4) is 0 Å². The highest BCUT2D eigenvalue weighted by molar-refractivity contribution is 7.16. The Kier molecular flexibility index (Phi) is 4.24. The number of carbonyl (C=O) groups is 2. The average molecular weight is 281 g/mol. The van der Waals surface area contributed by atoms with Gasteiger partial charge < -0.3 is 10.4 Å². The Morgan fingerprint density at radius 2 is 1.95 bits per heavy atom. The van der Waals surface area contributed by atoms with Gasteiger partial charge in [0.2, 0.25) is 5.91 Å². The minimum Gasteiger partial charge on any atom is -0.478 e. The molecule has 5 heteroatoms. The molecule has 0 spiro atoms. The predicted molar refractivity (Wildman–Crippen MR) is 76.0 cm³/mol. The third kappa shape index (κ3) is 3.15. The van der Waals surface area contributed by atoms with Crippen LogP contribution in [0.5, 0.6) is 0 Å². The van der Waals surface area contributed by atoms with Crippen molar-refractivity contribution in [1.82, 2.24) is 0 Å². The average Bonchev–Trinajstić information content (AvgIpc) is 2.88. The molecule has 0 atom stereocenters. The summed E-state index contributed by atoms with van der Waals surface area (Å²) >= 11 is 1.34. The molecule has 0 unspecified atom stereocenters. The zero-order chi connectivity index (χ0) is 14.0. The summed E-state index contributed by atoms with van der Waals surface area (Å²) in [4.78, 5) is 24.1. The second kappa shape index (κ2) is 5.74. The highest BCUT2D eigenvalue weighted by atomic mass is 32.1. The van der Waals surface area contributed by atoms with Gasteiger partial charge in [-0.3, -0.25) is 4.79 Å². The second-order valence-corrected chi connectivity index (χ2v) is 6.42. The molecule has 1 aliphatic rings. The summed E-state index contributed by atoms with van der Waals surface area (Å²) in [6.45, 7) is 3.65. The molecular formula is C14H19NO3S. The van der Waals surface area contributed by atoms with Crippen molar-refractivity contribution < 1.29 is 14.7 Å². The SMILES string of the molecule is Cc1sc(NC(=O)CC2CCCC2)c(C(=O)O)c1C. The van der Waals surface area contributed by atoms with Gasteiger partial charge in [0.1, 0.15) is 5.00 Å². The smallest absolute Gasteiger partial charge is 0.338 e. The molecule has 0 aliphatic heterocycles. The zero-order valence-corrected chi connectivity index (χ0v) is 12.1. The van der Waals surface area contributed by atoms with Gasteiger partial charge in [-0.2, -0.15) is 0 Å². The summed E-state index contributed by atoms with van der Waals surface area (Å²) in [5, 5.41) is 12.5. The van der Waals surface area contributed by atoms with Crippen molar-refractivity contribution >= 4 is 28.2 Å². The highest BCUT2D eigenvalue weighted by Gasteiger charge is 2.22. The second-order valence-electron chi connectivity index (χ2n) is 5.20. The van der Waals surface area contributed by atoms with Crippen molar-refractivity contribution in [3.05, 3.63) is 16.0 Å². The van der Waals surface area contributed by atoms with Crippen molar-refractivity contribution in [2.75, 3.05) is 5.32 Å². The molecule has 1 aromatic rings. The molecule has 104 valence electrons. The number of nitrogens with one attached hydrogen (secondary N) is 1. The van der Waals surface area contributed by atoms with E-state index in [-0.39, 0.29) is 11.5 Å². The maximum absolute atomic E-state index is 12.0. The summed E-state index contributed by atoms with van der Waals surface area (Å²) < 4.78 is 0. The number of aromatic carboxylic acids is 1. The van der Waals surface area contributed by atoms with Gasteiger partial charge in [-0.1, -0.05) is 12.8 Å². The Morgan fingerprint density at radius 3 is 2.53 bits per heavy atom. The van der Waals surface area contributed by atoms with Gasteiger partial charge >= 0.3 is 5.97 Å². The van der Waals surface area contributed by atoms with Gasteiger partial charge in [-0.25, -0.2) is 4.79 Å². The molecule has 19 heavy (non-hydrogen) atoms. The minimum atomic E-state index is -0.974. The lowest BCUT2D eigenvalue weighted by molar-refractivity contribution is -0.117. The van der Waals surface area contributed by atoms with Gasteiger partial charge in [0.05, 0.1) is 5.56 Å². The van der Waals surface area contributed by atoms with E-state index in [1.807, 2.05) is 6.92 Å². The molecule has 4 nitrogen and oxygen atoms in total. The van der Waals surface area contributed by atoms with E-state index in [2.05, 4.69) is 5.32 Å². The maximum atomic E-state index is 12.0. The largest absolute Gasteiger partial charge is 0.478 e. The van der Waals surface area contributed by atoms with Crippen LogP contribution in [0.4, 0.5) is 5.00 Å². The number of carboxylic acids is 1. The monoisotopic (exact) mass is 281 g/mol. The summed E-state index contributed by atoms with van der Waals surface area (Å²) in [5.41, 5.74) is 0.982. The van der Waals surface area contributed by atoms with Crippen LogP contribution in [0.15, 0.2) is 0 Å². The number of thiophene rings is 1. The first-order chi connectivity index (χ1) is 8.99. The molecule has 0 aromatic carbocycles. The van der Waals surface area contributed by atoms with Crippen LogP contribution in [0.2, 0.25) is 0 Å². The normalized spacial score (nSPS) is 15.7. The first-order valence-corrected chi connectivity index (χ1v) is 7.43. The summed E-state index contributed by atoms with van der Waals surface area (Å²) in [6.07, 6.45) is 5.14. The van der Waals surface area contributed by atoms with Gasteiger partial charge in [0, 0.05) is 11.3 Å². The molecule has 2 rings (SSSR count). The third-order valence-electron chi connectivity index (χ3n) is 3.80. The Bertz CT molecular complexity index is 501. The number of anilines is 1. The molecule has 1 fully saturated rings. The molecule has 1 amide bonds. The van der Waals surface area contributed by atoms with Crippen LogP contribution in [0, 0.1) is 19.8 Å². The van der Waals surface area contributed by atoms with E-state index in [9.17, 15) is 14.7 Å². The molecule has 2 N–H and O–H groups in total. The molecule has 0 saturated heterocycles. The molecule has 1 heterocycles. The Balaban J connectivity index is 2.07. The fraction of sp³-hybridized carbons (Fsp3) is 0.571. The lowest BCUT2D eigenvalue weighted by Gasteiger charge is -2.09. The lowest BCUT2D eigenvalue weighted by Crippen LogP contribution is -2.16. The van der Waals surface area contributed by atoms with Gasteiger partial charge in [0.25, 0.3) is 0 Å². The van der Waals surface area contributed by atoms with Crippen molar-refractivity contribution in [1.29, 1.82) is 0 Å². The molecule has 1 saturated carbocycles. The van der Waals surface area contributed by atoms with Crippen LogP contribution < -0.4 is 5.32 Å². The first-order valence-electron chi connectivity index (χ1n) is 6.62. The van der Waals surface area contributed by atoms with Crippen LogP contribution >= 0.6 is 11.3 Å². The van der Waals surface area contributed by atoms with Crippen molar-refractivity contribution in [2.45, 2.75) is 46.0 Å². The molecule has 0 bridgehead atoms. The predicted octanol–water partition coefficient (Wildman–Crippen LogP) is 3.58. The van der Waals surface area contributed by atoms with E-state index < -0.39 is 5.97 Å². The van der Waals surface area contributed by atoms with E-state index in [1.54, 1.807) is 6.92 Å².